The number of carboxylic acids is 1. The highest BCUT2D eigenvalue weighted by atomic mass is 32.1. The summed E-state index contributed by atoms with van der Waals surface area (Å²) in [6.07, 6.45) is 2.05. The number of carbonyl (C=O) groups is 1. The Kier molecular flexibility index (Phi) is 3.40. The predicted molar refractivity (Wildman–Crippen MR) is 71.3 cm³/mol. The van der Waals surface area contributed by atoms with Gasteiger partial charge in [0.25, 0.3) is 0 Å². The van der Waals surface area contributed by atoms with E-state index in [1.165, 1.54) is 10.5 Å². The largest absolute Gasteiger partial charge is 0.478 e. The Labute approximate surface area is 104 Å². The van der Waals surface area contributed by atoms with Crippen molar-refractivity contribution in [3.63, 3.8) is 0 Å². The van der Waals surface area contributed by atoms with Crippen LogP contribution in [0.3, 0.4) is 0 Å². The van der Waals surface area contributed by atoms with Gasteiger partial charge >= 0.3 is 5.97 Å². The highest BCUT2D eigenvalue weighted by Gasteiger charge is 2.01. The zero-order chi connectivity index (χ0) is 12.3. The Morgan fingerprint density at radius 3 is 2.47 bits per heavy atom. The van der Waals surface area contributed by atoms with Crippen LogP contribution in [0.15, 0.2) is 41.8 Å². The molecule has 0 aliphatic rings. The van der Waals surface area contributed by atoms with Crippen LogP contribution in [0.5, 0.6) is 0 Å². The second kappa shape index (κ2) is 4.97. The van der Waals surface area contributed by atoms with Crippen molar-refractivity contribution >= 4 is 29.0 Å². The molecular formula is C14H12O2S. The van der Waals surface area contributed by atoms with Crippen molar-refractivity contribution in [1.82, 2.24) is 0 Å². The molecule has 0 fully saturated rings. The maximum atomic E-state index is 10.7. The molecule has 0 aliphatic heterocycles. The van der Waals surface area contributed by atoms with Gasteiger partial charge in [-0.05, 0) is 41.6 Å². The van der Waals surface area contributed by atoms with Gasteiger partial charge in [-0.1, -0.05) is 24.3 Å². The summed E-state index contributed by atoms with van der Waals surface area (Å²) in [5.74, 6) is -0.893. The molecule has 1 aromatic heterocycles. The van der Waals surface area contributed by atoms with Gasteiger partial charge in [-0.2, -0.15) is 0 Å². The zero-order valence-electron chi connectivity index (χ0n) is 9.38. The fraction of sp³-hybridized carbons (Fsp3) is 0.0714. The maximum absolute atomic E-state index is 10.7. The zero-order valence-corrected chi connectivity index (χ0v) is 10.2. The molecule has 1 aromatic carbocycles. The lowest BCUT2D eigenvalue weighted by Gasteiger charge is -1.99. The van der Waals surface area contributed by atoms with E-state index in [9.17, 15) is 4.79 Å². The molecule has 0 spiro atoms. The monoisotopic (exact) mass is 244 g/mol. The van der Waals surface area contributed by atoms with Crippen LogP contribution in [0.1, 0.15) is 27.7 Å². The first kappa shape index (κ1) is 11.6. The Morgan fingerprint density at radius 1 is 1.24 bits per heavy atom. The molecule has 0 amide bonds. The van der Waals surface area contributed by atoms with Gasteiger partial charge < -0.3 is 5.11 Å². The summed E-state index contributed by atoms with van der Waals surface area (Å²) < 4.78 is 0. The summed E-state index contributed by atoms with van der Waals surface area (Å²) in [6.45, 7) is 2.05. The fourth-order valence-electron chi connectivity index (χ4n) is 1.55. The molecule has 0 bridgehead atoms. The van der Waals surface area contributed by atoms with E-state index in [0.717, 1.165) is 5.56 Å². The fourth-order valence-corrected chi connectivity index (χ4v) is 2.25. The van der Waals surface area contributed by atoms with Crippen molar-refractivity contribution in [1.29, 1.82) is 0 Å². The first-order valence-corrected chi connectivity index (χ1v) is 6.10. The normalized spacial score (nSPS) is 11.5. The molecule has 2 nitrogen and oxygen atoms in total. The van der Waals surface area contributed by atoms with Gasteiger partial charge in [-0.25, -0.2) is 4.79 Å². The van der Waals surface area contributed by atoms with Crippen LogP contribution in [0, 0.1) is 0 Å². The molecule has 0 unspecified atom stereocenters. The number of hydrogen-bond donors (Lipinski definition) is 1. The third-order valence-electron chi connectivity index (χ3n) is 2.45. The molecule has 1 heterocycles. The quantitative estimate of drug-likeness (QED) is 0.885. The topological polar surface area (TPSA) is 37.3 Å². The van der Waals surface area contributed by atoms with Gasteiger partial charge in [-0.3, -0.25) is 0 Å². The average molecular weight is 244 g/mol. The van der Waals surface area contributed by atoms with Crippen molar-refractivity contribution in [2.45, 2.75) is 6.92 Å². The molecule has 17 heavy (non-hydrogen) atoms. The highest BCUT2D eigenvalue weighted by molar-refractivity contribution is 7.11. The number of carboxylic acid groups (broad SMARTS) is 1. The summed E-state index contributed by atoms with van der Waals surface area (Å²) in [5.41, 5.74) is 2.51. The van der Waals surface area contributed by atoms with Gasteiger partial charge in [0.2, 0.25) is 0 Å². The summed E-state index contributed by atoms with van der Waals surface area (Å²) in [4.78, 5) is 11.9. The van der Waals surface area contributed by atoms with Gasteiger partial charge in [-0.15, -0.1) is 11.3 Å². The number of allylic oxidation sites excluding steroid dienone is 1. The number of rotatable bonds is 3. The van der Waals surface area contributed by atoms with Gasteiger partial charge in [0.1, 0.15) is 0 Å². The van der Waals surface area contributed by atoms with Crippen molar-refractivity contribution in [2.24, 2.45) is 0 Å². The number of thiophene rings is 1. The smallest absolute Gasteiger partial charge is 0.335 e. The Balaban J connectivity index is 2.24. The van der Waals surface area contributed by atoms with E-state index < -0.39 is 5.97 Å². The first-order chi connectivity index (χ1) is 8.16. The summed E-state index contributed by atoms with van der Waals surface area (Å²) in [6, 6.07) is 11.0. The molecule has 0 aliphatic carbocycles. The second-order valence-corrected chi connectivity index (χ2v) is 4.68. The molecule has 1 N–H and O–H groups in total. The van der Waals surface area contributed by atoms with Gasteiger partial charge in [0.05, 0.1) is 5.56 Å². The van der Waals surface area contributed by atoms with Crippen LogP contribution in [0.4, 0.5) is 0 Å². The van der Waals surface area contributed by atoms with E-state index in [2.05, 4.69) is 19.1 Å². The molecule has 0 radical (unpaired) electrons. The number of benzene rings is 1. The first-order valence-electron chi connectivity index (χ1n) is 5.22. The van der Waals surface area contributed by atoms with E-state index in [-0.39, 0.29) is 0 Å². The SMILES string of the molecule is C/C(=C\c1ccc(C(=O)O)cc1)c1cccs1. The molecule has 86 valence electrons. The highest BCUT2D eigenvalue weighted by Crippen LogP contribution is 2.22. The van der Waals surface area contributed by atoms with Crippen molar-refractivity contribution in [3.05, 3.63) is 57.8 Å². The van der Waals surface area contributed by atoms with Gasteiger partial charge in [0.15, 0.2) is 0 Å². The van der Waals surface area contributed by atoms with Crippen molar-refractivity contribution in [2.75, 3.05) is 0 Å². The van der Waals surface area contributed by atoms with E-state index >= 15 is 0 Å². The summed E-state index contributed by atoms with van der Waals surface area (Å²) >= 11 is 1.70. The second-order valence-electron chi connectivity index (χ2n) is 3.73. The minimum absolute atomic E-state index is 0.316. The molecule has 0 saturated heterocycles. The Hall–Kier alpha value is -1.87. The van der Waals surface area contributed by atoms with Crippen LogP contribution in [-0.2, 0) is 0 Å². The maximum Gasteiger partial charge on any atom is 0.335 e. The van der Waals surface area contributed by atoms with Crippen LogP contribution >= 0.6 is 11.3 Å². The molecular weight excluding hydrogens is 232 g/mol. The summed E-state index contributed by atoms with van der Waals surface area (Å²) in [5, 5.41) is 10.8. The van der Waals surface area contributed by atoms with Crippen LogP contribution in [0.2, 0.25) is 0 Å². The van der Waals surface area contributed by atoms with Crippen LogP contribution in [-0.4, -0.2) is 11.1 Å². The minimum Gasteiger partial charge on any atom is -0.478 e. The summed E-state index contributed by atoms with van der Waals surface area (Å²) in [7, 11) is 0. The number of hydrogen-bond acceptors (Lipinski definition) is 2. The lowest BCUT2D eigenvalue weighted by atomic mass is 10.1. The molecule has 0 atom stereocenters. The van der Waals surface area contributed by atoms with Crippen molar-refractivity contribution in [3.8, 4) is 0 Å². The van der Waals surface area contributed by atoms with Gasteiger partial charge in [0, 0.05) is 4.88 Å². The Morgan fingerprint density at radius 2 is 1.94 bits per heavy atom. The molecule has 3 heteroatoms. The lowest BCUT2D eigenvalue weighted by Crippen LogP contribution is -1.94. The molecule has 2 rings (SSSR count). The average Bonchev–Trinajstić information content (AvgIpc) is 2.83. The lowest BCUT2D eigenvalue weighted by molar-refractivity contribution is 0.0697. The van der Waals surface area contributed by atoms with E-state index in [1.807, 2.05) is 23.6 Å². The van der Waals surface area contributed by atoms with Crippen molar-refractivity contribution < 1.29 is 9.90 Å². The van der Waals surface area contributed by atoms with E-state index in [0.29, 0.717) is 5.56 Å². The number of aromatic carboxylic acids is 1. The Bertz CT molecular complexity index is 536. The minimum atomic E-state index is -0.893. The molecule has 0 saturated carbocycles. The molecule has 2 aromatic rings. The predicted octanol–water partition coefficient (Wildman–Crippen LogP) is 4.01. The van der Waals surface area contributed by atoms with E-state index in [1.54, 1.807) is 23.5 Å². The van der Waals surface area contributed by atoms with E-state index in [4.69, 9.17) is 5.11 Å². The third-order valence-corrected chi connectivity index (χ3v) is 3.46. The third kappa shape index (κ3) is 2.82. The van der Waals surface area contributed by atoms with Crippen LogP contribution < -0.4 is 0 Å². The standard InChI is InChI=1S/C14H12O2S/c1-10(13-3-2-8-17-13)9-11-4-6-12(7-5-11)14(15)16/h2-9H,1H3,(H,15,16)/b10-9+. The van der Waals surface area contributed by atoms with Crippen LogP contribution in [0.25, 0.3) is 11.6 Å².